The lowest BCUT2D eigenvalue weighted by Crippen LogP contribution is -2.14. The molecular weight excluding hydrogens is 448 g/mol. The van der Waals surface area contributed by atoms with Crippen molar-refractivity contribution in [3.8, 4) is 22.5 Å². The van der Waals surface area contributed by atoms with Crippen LogP contribution in [-0.2, 0) is 11.0 Å². The first-order chi connectivity index (χ1) is 16.1. The van der Waals surface area contributed by atoms with E-state index in [4.69, 9.17) is 5.73 Å². The highest BCUT2D eigenvalue weighted by Crippen LogP contribution is 2.32. The van der Waals surface area contributed by atoms with Crippen molar-refractivity contribution in [2.75, 3.05) is 0 Å². The van der Waals surface area contributed by atoms with E-state index in [1.807, 2.05) is 6.07 Å². The van der Waals surface area contributed by atoms with Gasteiger partial charge in [-0.25, -0.2) is 14.1 Å². The van der Waals surface area contributed by atoms with Crippen LogP contribution in [0.4, 0.5) is 17.6 Å². The molecule has 2 N–H and O–H groups in total. The molecule has 5 nitrogen and oxygen atoms in total. The van der Waals surface area contributed by atoms with Crippen LogP contribution in [0.2, 0.25) is 0 Å². The third-order valence-corrected chi connectivity index (χ3v) is 5.06. The molecule has 172 valence electrons. The molecule has 0 saturated heterocycles. The number of rotatable bonds is 5. The molecule has 1 amide bonds. The molecule has 0 aliphatic rings. The first kappa shape index (κ1) is 22.9. The van der Waals surface area contributed by atoms with Crippen LogP contribution in [0.15, 0.2) is 73.1 Å². The summed E-state index contributed by atoms with van der Waals surface area (Å²) in [5.74, 6) is -1.35. The second kappa shape index (κ2) is 8.93. The number of benzene rings is 3. The number of aryl methyl sites for hydroxylation is 1. The van der Waals surface area contributed by atoms with Crippen molar-refractivity contribution >= 4 is 17.7 Å². The molecule has 9 heteroatoms. The van der Waals surface area contributed by atoms with E-state index in [1.165, 1.54) is 37.7 Å². The Labute approximate surface area is 192 Å². The zero-order valence-electron chi connectivity index (χ0n) is 17.8. The molecule has 0 radical (unpaired) electrons. The first-order valence-corrected chi connectivity index (χ1v) is 10.1. The summed E-state index contributed by atoms with van der Waals surface area (Å²) in [5.41, 5.74) is 6.45. The van der Waals surface area contributed by atoms with Crippen molar-refractivity contribution < 1.29 is 22.4 Å². The van der Waals surface area contributed by atoms with Crippen LogP contribution in [0.1, 0.15) is 16.7 Å². The summed E-state index contributed by atoms with van der Waals surface area (Å²) in [6, 6.07) is 16.7. The van der Waals surface area contributed by atoms with E-state index in [-0.39, 0.29) is 22.5 Å². The number of aromatic nitrogens is 3. The molecule has 1 aromatic heterocycles. The van der Waals surface area contributed by atoms with E-state index >= 15 is 0 Å². The average molecular weight is 466 g/mol. The number of carbonyl (C=O) groups is 1. The van der Waals surface area contributed by atoms with Crippen molar-refractivity contribution in [3.05, 3.63) is 95.6 Å². The SMILES string of the molecule is Cc1cc(-c2ncn(/C=C(\C(N)=O)c3ccc(-c4ccccc4)c(F)c3)n2)cc(C(F)(F)F)c1. The van der Waals surface area contributed by atoms with E-state index in [2.05, 4.69) is 10.1 Å². The molecule has 0 unspecified atom stereocenters. The monoisotopic (exact) mass is 466 g/mol. The minimum absolute atomic E-state index is 0.0277. The zero-order valence-corrected chi connectivity index (χ0v) is 17.8. The van der Waals surface area contributed by atoms with Gasteiger partial charge < -0.3 is 5.73 Å². The van der Waals surface area contributed by atoms with Gasteiger partial charge in [0, 0.05) is 17.3 Å². The van der Waals surface area contributed by atoms with E-state index in [1.54, 1.807) is 30.3 Å². The number of nitrogens with two attached hydrogens (primary N) is 1. The van der Waals surface area contributed by atoms with Gasteiger partial charge in [0.2, 0.25) is 0 Å². The summed E-state index contributed by atoms with van der Waals surface area (Å²) < 4.78 is 55.4. The quantitative estimate of drug-likeness (QED) is 0.309. The number of hydrogen-bond acceptors (Lipinski definition) is 3. The Morgan fingerprint density at radius 3 is 2.38 bits per heavy atom. The molecule has 0 aliphatic carbocycles. The molecule has 0 saturated carbocycles. The smallest absolute Gasteiger partial charge is 0.366 e. The normalized spacial score (nSPS) is 12.1. The number of alkyl halides is 3. The highest BCUT2D eigenvalue weighted by molar-refractivity contribution is 6.22. The lowest BCUT2D eigenvalue weighted by molar-refractivity contribution is -0.137. The van der Waals surface area contributed by atoms with E-state index in [0.717, 1.165) is 16.8 Å². The number of hydrogen-bond donors (Lipinski definition) is 1. The Balaban J connectivity index is 1.69. The Bertz CT molecular complexity index is 1390. The maximum atomic E-state index is 14.8. The molecule has 0 fully saturated rings. The van der Waals surface area contributed by atoms with Gasteiger partial charge in [0.05, 0.1) is 11.1 Å². The van der Waals surface area contributed by atoms with Crippen molar-refractivity contribution in [2.45, 2.75) is 13.1 Å². The van der Waals surface area contributed by atoms with Gasteiger partial charge in [-0.3, -0.25) is 4.79 Å². The predicted molar refractivity (Wildman–Crippen MR) is 120 cm³/mol. The van der Waals surface area contributed by atoms with Crippen molar-refractivity contribution in [1.82, 2.24) is 14.8 Å². The lowest BCUT2D eigenvalue weighted by atomic mass is 10.00. The fourth-order valence-electron chi connectivity index (χ4n) is 3.49. The summed E-state index contributed by atoms with van der Waals surface area (Å²) in [4.78, 5) is 16.1. The molecule has 4 rings (SSSR count). The Morgan fingerprint density at radius 1 is 1.00 bits per heavy atom. The van der Waals surface area contributed by atoms with Gasteiger partial charge in [-0.2, -0.15) is 13.2 Å². The topological polar surface area (TPSA) is 73.8 Å². The van der Waals surface area contributed by atoms with Gasteiger partial charge in [0.25, 0.3) is 5.91 Å². The molecule has 0 spiro atoms. The third kappa shape index (κ3) is 4.88. The second-order valence-corrected chi connectivity index (χ2v) is 7.60. The third-order valence-electron chi connectivity index (χ3n) is 5.06. The number of nitrogens with zero attached hydrogens (tertiary/aromatic N) is 3. The van der Waals surface area contributed by atoms with Crippen LogP contribution in [0, 0.1) is 12.7 Å². The van der Waals surface area contributed by atoms with Gasteiger partial charge in [-0.15, -0.1) is 5.10 Å². The van der Waals surface area contributed by atoms with Gasteiger partial charge in [0.15, 0.2) is 5.82 Å². The van der Waals surface area contributed by atoms with Crippen molar-refractivity contribution in [1.29, 1.82) is 0 Å². The summed E-state index contributed by atoms with van der Waals surface area (Å²) in [7, 11) is 0. The van der Waals surface area contributed by atoms with Gasteiger partial charge in [-0.1, -0.05) is 42.5 Å². The van der Waals surface area contributed by atoms with E-state index in [9.17, 15) is 22.4 Å². The fraction of sp³-hybridized carbons (Fsp3) is 0.0800. The summed E-state index contributed by atoms with van der Waals surface area (Å²) in [6.45, 7) is 1.54. The van der Waals surface area contributed by atoms with Crippen molar-refractivity contribution in [2.24, 2.45) is 5.73 Å². The molecule has 0 atom stereocenters. The van der Waals surface area contributed by atoms with Gasteiger partial charge in [0.1, 0.15) is 12.1 Å². The number of halogens is 4. The molecule has 0 aliphatic heterocycles. The maximum Gasteiger partial charge on any atom is 0.416 e. The summed E-state index contributed by atoms with van der Waals surface area (Å²) in [6.07, 6.45) is -2.04. The molecule has 1 heterocycles. The Kier molecular flexibility index (Phi) is 6.02. The lowest BCUT2D eigenvalue weighted by Gasteiger charge is -2.09. The average Bonchev–Trinajstić information content (AvgIpc) is 3.26. The van der Waals surface area contributed by atoms with Crippen LogP contribution in [-0.4, -0.2) is 20.7 Å². The number of amides is 1. The molecule has 4 aromatic rings. The van der Waals surface area contributed by atoms with Crippen LogP contribution in [0.3, 0.4) is 0 Å². The zero-order chi connectivity index (χ0) is 24.5. The summed E-state index contributed by atoms with van der Waals surface area (Å²) in [5, 5.41) is 4.14. The van der Waals surface area contributed by atoms with Crippen LogP contribution in [0.25, 0.3) is 34.3 Å². The minimum Gasteiger partial charge on any atom is -0.366 e. The predicted octanol–water partition coefficient (Wildman–Crippen LogP) is 5.56. The fourth-order valence-corrected chi connectivity index (χ4v) is 3.49. The van der Waals surface area contributed by atoms with Crippen molar-refractivity contribution in [3.63, 3.8) is 0 Å². The number of primary amides is 1. The number of carbonyl (C=O) groups excluding carboxylic acids is 1. The Hall–Kier alpha value is -4.27. The Morgan fingerprint density at radius 2 is 1.74 bits per heavy atom. The van der Waals surface area contributed by atoms with Crippen LogP contribution in [0.5, 0.6) is 0 Å². The van der Waals surface area contributed by atoms with Gasteiger partial charge >= 0.3 is 6.18 Å². The molecule has 3 aromatic carbocycles. The largest absolute Gasteiger partial charge is 0.416 e. The molecular formula is C25H18F4N4O. The maximum absolute atomic E-state index is 14.8. The van der Waals surface area contributed by atoms with Gasteiger partial charge in [-0.05, 0) is 47.9 Å². The summed E-state index contributed by atoms with van der Waals surface area (Å²) >= 11 is 0. The highest BCUT2D eigenvalue weighted by atomic mass is 19.4. The van der Waals surface area contributed by atoms with Crippen LogP contribution < -0.4 is 5.73 Å². The minimum atomic E-state index is -4.52. The van der Waals surface area contributed by atoms with Crippen LogP contribution >= 0.6 is 0 Å². The van der Waals surface area contributed by atoms with E-state index in [0.29, 0.717) is 16.7 Å². The first-order valence-electron chi connectivity index (χ1n) is 10.1. The molecule has 0 bridgehead atoms. The standard InChI is InChI=1S/C25H18F4N4O/c1-15-9-18(11-19(10-15)25(27,28)29)24-31-14-33(32-24)13-21(23(30)34)17-7-8-20(22(26)12-17)16-5-3-2-4-6-16/h2-14H,1H3,(H2,30,34)/b21-13-. The second-order valence-electron chi connectivity index (χ2n) is 7.60. The molecule has 34 heavy (non-hydrogen) atoms. The highest BCUT2D eigenvalue weighted by Gasteiger charge is 2.31. The van der Waals surface area contributed by atoms with E-state index < -0.39 is 23.5 Å².